The van der Waals surface area contributed by atoms with E-state index in [0.717, 1.165) is 24.9 Å². The third kappa shape index (κ3) is 2.15. The standard InChI is InChI=1S/C11H8I2N2O/c1-7-2-3-9(8(4-7)5-16)15-6-14-10(12)11(15)13/h2-6H,1H3. The molecule has 3 nitrogen and oxygen atoms in total. The van der Waals surface area contributed by atoms with E-state index < -0.39 is 0 Å². The second kappa shape index (κ2) is 4.82. The molecule has 2 rings (SSSR count). The first-order valence-corrected chi connectivity index (χ1v) is 6.74. The molecule has 0 bridgehead atoms. The summed E-state index contributed by atoms with van der Waals surface area (Å²) in [6, 6.07) is 5.82. The normalized spacial score (nSPS) is 10.4. The third-order valence-corrected chi connectivity index (χ3v) is 5.09. The number of halogens is 2. The number of hydrogen-bond acceptors (Lipinski definition) is 2. The Bertz CT molecular complexity index is 549. The van der Waals surface area contributed by atoms with Crippen LogP contribution in [0.5, 0.6) is 0 Å². The lowest BCUT2D eigenvalue weighted by molar-refractivity contribution is 0.112. The molecule has 1 aromatic carbocycles. The maximum atomic E-state index is 11.0. The lowest BCUT2D eigenvalue weighted by Gasteiger charge is -2.07. The van der Waals surface area contributed by atoms with E-state index in [1.165, 1.54) is 0 Å². The Balaban J connectivity index is 2.64. The fraction of sp³-hybridized carbons (Fsp3) is 0.0909. The zero-order valence-electron chi connectivity index (χ0n) is 8.45. The van der Waals surface area contributed by atoms with E-state index in [9.17, 15) is 4.79 Å². The molecule has 0 N–H and O–H groups in total. The molecule has 1 heterocycles. The molecule has 0 aliphatic carbocycles. The Morgan fingerprint density at radius 1 is 1.38 bits per heavy atom. The van der Waals surface area contributed by atoms with Gasteiger partial charge in [0.25, 0.3) is 0 Å². The summed E-state index contributed by atoms with van der Waals surface area (Å²) >= 11 is 4.40. The van der Waals surface area contributed by atoms with E-state index >= 15 is 0 Å². The number of aryl methyl sites for hydroxylation is 1. The Morgan fingerprint density at radius 2 is 2.12 bits per heavy atom. The highest BCUT2D eigenvalue weighted by Gasteiger charge is 2.10. The van der Waals surface area contributed by atoms with Crippen molar-refractivity contribution in [1.29, 1.82) is 0 Å². The SMILES string of the molecule is Cc1ccc(-n2cnc(I)c2I)c(C=O)c1. The maximum absolute atomic E-state index is 11.0. The van der Waals surface area contributed by atoms with E-state index in [-0.39, 0.29) is 0 Å². The number of carbonyl (C=O) groups is 1. The van der Waals surface area contributed by atoms with E-state index in [4.69, 9.17) is 0 Å². The predicted molar refractivity (Wildman–Crippen MR) is 79.1 cm³/mol. The second-order valence-electron chi connectivity index (χ2n) is 3.38. The molecule has 0 saturated heterocycles. The number of imidazole rings is 1. The first kappa shape index (κ1) is 12.0. The van der Waals surface area contributed by atoms with Crippen LogP contribution in [-0.4, -0.2) is 15.8 Å². The van der Waals surface area contributed by atoms with Gasteiger partial charge in [-0.3, -0.25) is 9.36 Å². The van der Waals surface area contributed by atoms with E-state index in [2.05, 4.69) is 50.2 Å². The third-order valence-electron chi connectivity index (χ3n) is 2.24. The summed E-state index contributed by atoms with van der Waals surface area (Å²) < 4.78 is 3.88. The van der Waals surface area contributed by atoms with Crippen LogP contribution in [0, 0.1) is 14.3 Å². The van der Waals surface area contributed by atoms with Crippen molar-refractivity contribution in [3.05, 3.63) is 43.1 Å². The minimum absolute atomic E-state index is 0.687. The van der Waals surface area contributed by atoms with E-state index in [0.29, 0.717) is 5.56 Å². The van der Waals surface area contributed by atoms with Crippen molar-refractivity contribution in [2.75, 3.05) is 0 Å². The van der Waals surface area contributed by atoms with Crippen LogP contribution < -0.4 is 0 Å². The first-order chi connectivity index (χ1) is 7.63. The predicted octanol–water partition coefficient (Wildman–Crippen LogP) is 3.20. The van der Waals surface area contributed by atoms with Gasteiger partial charge in [0.2, 0.25) is 0 Å². The monoisotopic (exact) mass is 438 g/mol. The molecule has 0 aliphatic heterocycles. The van der Waals surface area contributed by atoms with Gasteiger partial charge in [-0.05, 0) is 64.2 Å². The molecule has 16 heavy (non-hydrogen) atoms. The van der Waals surface area contributed by atoms with Crippen LogP contribution in [0.4, 0.5) is 0 Å². The highest BCUT2D eigenvalue weighted by molar-refractivity contribution is 14.1. The number of aldehydes is 1. The minimum atomic E-state index is 0.687. The van der Waals surface area contributed by atoms with Crippen molar-refractivity contribution in [3.8, 4) is 5.69 Å². The fourth-order valence-electron chi connectivity index (χ4n) is 1.47. The maximum Gasteiger partial charge on any atom is 0.152 e. The lowest BCUT2D eigenvalue weighted by atomic mass is 10.1. The van der Waals surface area contributed by atoms with Gasteiger partial charge in [0.15, 0.2) is 6.29 Å². The molecule has 0 aliphatic rings. The molecule has 0 atom stereocenters. The summed E-state index contributed by atoms with van der Waals surface area (Å²) in [6.07, 6.45) is 2.62. The van der Waals surface area contributed by atoms with Crippen molar-refractivity contribution in [2.45, 2.75) is 6.92 Å². The Kier molecular flexibility index (Phi) is 3.63. The van der Waals surface area contributed by atoms with Gasteiger partial charge in [0, 0.05) is 5.56 Å². The van der Waals surface area contributed by atoms with Gasteiger partial charge in [-0.2, -0.15) is 0 Å². The number of carbonyl (C=O) groups excluding carboxylic acids is 1. The number of hydrogen-bond donors (Lipinski definition) is 0. The van der Waals surface area contributed by atoms with Crippen LogP contribution in [0.25, 0.3) is 5.69 Å². The zero-order valence-corrected chi connectivity index (χ0v) is 12.8. The number of nitrogens with zero attached hydrogens (tertiary/aromatic N) is 2. The molecule has 0 saturated carbocycles. The number of rotatable bonds is 2. The van der Waals surface area contributed by atoms with Crippen LogP contribution in [-0.2, 0) is 0 Å². The van der Waals surface area contributed by atoms with Gasteiger partial charge in [-0.1, -0.05) is 11.6 Å². The molecular weight excluding hydrogens is 430 g/mol. The smallest absolute Gasteiger partial charge is 0.152 e. The highest BCUT2D eigenvalue weighted by Crippen LogP contribution is 2.21. The van der Waals surface area contributed by atoms with Crippen LogP contribution in [0.1, 0.15) is 15.9 Å². The molecule has 0 unspecified atom stereocenters. The average Bonchev–Trinajstić information content (AvgIpc) is 2.60. The van der Waals surface area contributed by atoms with Gasteiger partial charge in [-0.15, -0.1) is 0 Å². The van der Waals surface area contributed by atoms with Gasteiger partial charge in [0.1, 0.15) is 13.7 Å². The summed E-state index contributed by atoms with van der Waals surface area (Å²) in [7, 11) is 0. The van der Waals surface area contributed by atoms with Gasteiger partial charge in [0.05, 0.1) is 5.69 Å². The summed E-state index contributed by atoms with van der Waals surface area (Å²) in [5, 5.41) is 0. The molecule has 0 radical (unpaired) electrons. The average molecular weight is 438 g/mol. The van der Waals surface area contributed by atoms with Gasteiger partial charge >= 0.3 is 0 Å². The van der Waals surface area contributed by atoms with E-state index in [1.807, 2.05) is 29.7 Å². The van der Waals surface area contributed by atoms with Crippen molar-refractivity contribution in [1.82, 2.24) is 9.55 Å². The quantitative estimate of drug-likeness (QED) is 0.534. The first-order valence-electron chi connectivity index (χ1n) is 4.58. The Labute approximate surface area is 121 Å². The Hall–Kier alpha value is -0.440. The zero-order chi connectivity index (χ0) is 11.7. The lowest BCUT2D eigenvalue weighted by Crippen LogP contribution is -2.00. The summed E-state index contributed by atoms with van der Waals surface area (Å²) in [5.74, 6) is 0. The molecule has 0 spiro atoms. The van der Waals surface area contributed by atoms with Crippen molar-refractivity contribution < 1.29 is 4.79 Å². The minimum Gasteiger partial charge on any atom is -0.298 e. The Morgan fingerprint density at radius 3 is 2.69 bits per heavy atom. The summed E-state index contributed by atoms with van der Waals surface area (Å²) in [6.45, 7) is 1.97. The van der Waals surface area contributed by atoms with Crippen molar-refractivity contribution in [2.24, 2.45) is 0 Å². The molecular formula is C11H8I2N2O. The number of benzene rings is 1. The highest BCUT2D eigenvalue weighted by atomic mass is 127. The van der Waals surface area contributed by atoms with Crippen LogP contribution in [0.15, 0.2) is 24.5 Å². The second-order valence-corrected chi connectivity index (χ2v) is 5.42. The summed E-state index contributed by atoms with van der Waals surface area (Å²) in [4.78, 5) is 15.2. The molecule has 1 aromatic heterocycles. The van der Waals surface area contributed by atoms with Crippen molar-refractivity contribution in [3.63, 3.8) is 0 Å². The van der Waals surface area contributed by atoms with Crippen molar-refractivity contribution >= 4 is 51.5 Å². The van der Waals surface area contributed by atoms with E-state index in [1.54, 1.807) is 6.33 Å². The van der Waals surface area contributed by atoms with Crippen LogP contribution in [0.3, 0.4) is 0 Å². The number of aromatic nitrogens is 2. The molecule has 5 heteroatoms. The van der Waals surface area contributed by atoms with Crippen LogP contribution >= 0.6 is 45.2 Å². The molecule has 0 fully saturated rings. The van der Waals surface area contributed by atoms with Gasteiger partial charge < -0.3 is 0 Å². The van der Waals surface area contributed by atoms with Gasteiger partial charge in [-0.25, -0.2) is 4.98 Å². The molecule has 82 valence electrons. The molecule has 2 aromatic rings. The summed E-state index contributed by atoms with van der Waals surface area (Å²) in [5.41, 5.74) is 2.64. The topological polar surface area (TPSA) is 34.9 Å². The van der Waals surface area contributed by atoms with Crippen LogP contribution in [0.2, 0.25) is 0 Å². The largest absolute Gasteiger partial charge is 0.298 e. The fourth-order valence-corrected chi connectivity index (χ4v) is 2.38. The molecule has 0 amide bonds.